The lowest BCUT2D eigenvalue weighted by atomic mass is 9.91. The largest absolute Gasteiger partial charge is 0.480 e. The number of nitrogens with one attached hydrogen (secondary N) is 1. The molecule has 1 amide bonds. The normalized spacial score (nSPS) is 13.7. The molecule has 138 valence electrons. The molecular formula is C16H21NO7S. The average Bonchev–Trinajstić information content (AvgIpc) is 2.53. The number of rotatable bonds is 10. The van der Waals surface area contributed by atoms with Crippen molar-refractivity contribution in [3.63, 3.8) is 0 Å². The lowest BCUT2D eigenvalue weighted by Gasteiger charge is -2.19. The maximum atomic E-state index is 12.6. The van der Waals surface area contributed by atoms with Gasteiger partial charge in [-0.2, -0.15) is 8.42 Å². The molecule has 0 fully saturated rings. The van der Waals surface area contributed by atoms with Gasteiger partial charge in [0, 0.05) is 5.56 Å². The van der Waals surface area contributed by atoms with E-state index in [1.54, 1.807) is 30.3 Å². The second-order valence-corrected chi connectivity index (χ2v) is 7.07. The standard InChI is InChI=1S/C16H21NO7S/c1-2-3-9-12(14(18)11-7-5-4-6-8-11)15(19)17-13(16(20)21)10-25(22,23)24/h4-8,12-13H,2-3,9-10H2,1H3,(H,17,19)(H,20,21)(H,22,23,24). The Balaban J connectivity index is 2.99. The second-order valence-electron chi connectivity index (χ2n) is 5.57. The zero-order valence-corrected chi connectivity index (χ0v) is 14.5. The first-order chi connectivity index (χ1) is 11.7. The number of ketones is 1. The van der Waals surface area contributed by atoms with Crippen molar-refractivity contribution >= 4 is 27.8 Å². The molecule has 1 rings (SSSR count). The number of aliphatic carboxylic acids is 1. The molecule has 2 unspecified atom stereocenters. The van der Waals surface area contributed by atoms with Crippen molar-refractivity contribution in [2.24, 2.45) is 5.92 Å². The quantitative estimate of drug-likeness (QED) is 0.318. The number of Topliss-reactive ketones (excluding diaryl/α,β-unsaturated/α-hetero) is 1. The first-order valence-corrected chi connectivity index (χ1v) is 9.34. The van der Waals surface area contributed by atoms with Crippen molar-refractivity contribution in [2.75, 3.05) is 5.75 Å². The number of hydrogen-bond acceptors (Lipinski definition) is 5. The molecule has 0 saturated heterocycles. The molecule has 2 atom stereocenters. The predicted molar refractivity (Wildman–Crippen MR) is 89.8 cm³/mol. The van der Waals surface area contributed by atoms with Crippen LogP contribution in [-0.4, -0.2) is 47.5 Å². The lowest BCUT2D eigenvalue weighted by molar-refractivity contribution is -0.141. The topological polar surface area (TPSA) is 138 Å². The third-order valence-electron chi connectivity index (χ3n) is 3.53. The van der Waals surface area contributed by atoms with Crippen molar-refractivity contribution in [2.45, 2.75) is 32.2 Å². The number of amides is 1. The van der Waals surface area contributed by atoms with Gasteiger partial charge in [-0.25, -0.2) is 4.79 Å². The second kappa shape index (κ2) is 9.28. The fourth-order valence-corrected chi connectivity index (χ4v) is 2.90. The molecule has 0 radical (unpaired) electrons. The minimum Gasteiger partial charge on any atom is -0.480 e. The summed E-state index contributed by atoms with van der Waals surface area (Å²) < 4.78 is 30.6. The van der Waals surface area contributed by atoms with Gasteiger partial charge in [-0.15, -0.1) is 0 Å². The van der Waals surface area contributed by atoms with Crippen molar-refractivity contribution in [1.29, 1.82) is 0 Å². The first kappa shape index (κ1) is 20.8. The Morgan fingerprint density at radius 2 is 1.76 bits per heavy atom. The number of benzene rings is 1. The summed E-state index contributed by atoms with van der Waals surface area (Å²) in [6.45, 7) is 1.88. The summed E-state index contributed by atoms with van der Waals surface area (Å²) in [5.41, 5.74) is 0.306. The summed E-state index contributed by atoms with van der Waals surface area (Å²) in [5.74, 6) is -5.27. The Hall–Kier alpha value is -2.26. The number of carbonyl (C=O) groups excluding carboxylic acids is 2. The van der Waals surface area contributed by atoms with E-state index in [1.165, 1.54) is 0 Å². The van der Waals surface area contributed by atoms with Gasteiger partial charge < -0.3 is 10.4 Å². The van der Waals surface area contributed by atoms with Crippen molar-refractivity contribution in [3.05, 3.63) is 35.9 Å². The van der Waals surface area contributed by atoms with Crippen molar-refractivity contribution in [1.82, 2.24) is 5.32 Å². The summed E-state index contributed by atoms with van der Waals surface area (Å²) in [6.07, 6.45) is 1.49. The Kier molecular flexibility index (Phi) is 7.72. The van der Waals surface area contributed by atoms with Crippen LogP contribution in [0, 0.1) is 5.92 Å². The first-order valence-electron chi connectivity index (χ1n) is 7.73. The van der Waals surface area contributed by atoms with Gasteiger partial charge in [-0.1, -0.05) is 50.1 Å². The molecule has 25 heavy (non-hydrogen) atoms. The van der Waals surface area contributed by atoms with Crippen LogP contribution >= 0.6 is 0 Å². The Morgan fingerprint density at radius 3 is 2.24 bits per heavy atom. The maximum Gasteiger partial charge on any atom is 0.327 e. The summed E-state index contributed by atoms with van der Waals surface area (Å²) >= 11 is 0. The van der Waals surface area contributed by atoms with Crippen LogP contribution in [0.1, 0.15) is 36.5 Å². The highest BCUT2D eigenvalue weighted by atomic mass is 32.2. The van der Waals surface area contributed by atoms with Crippen LogP contribution in [-0.2, 0) is 19.7 Å². The van der Waals surface area contributed by atoms with Crippen LogP contribution in [0.4, 0.5) is 0 Å². The monoisotopic (exact) mass is 371 g/mol. The fraction of sp³-hybridized carbons (Fsp3) is 0.438. The average molecular weight is 371 g/mol. The van der Waals surface area contributed by atoms with Gasteiger partial charge in [0.1, 0.15) is 17.7 Å². The molecule has 3 N–H and O–H groups in total. The molecule has 0 aliphatic rings. The van der Waals surface area contributed by atoms with Gasteiger partial charge in [0.2, 0.25) is 5.91 Å². The highest BCUT2D eigenvalue weighted by Crippen LogP contribution is 2.16. The van der Waals surface area contributed by atoms with Crippen LogP contribution in [0.5, 0.6) is 0 Å². The summed E-state index contributed by atoms with van der Waals surface area (Å²) in [5, 5.41) is 11.1. The number of carboxylic acid groups (broad SMARTS) is 1. The molecule has 0 heterocycles. The van der Waals surface area contributed by atoms with E-state index in [0.29, 0.717) is 12.0 Å². The van der Waals surface area contributed by atoms with Gasteiger partial charge in [0.15, 0.2) is 5.78 Å². The van der Waals surface area contributed by atoms with Crippen LogP contribution in [0.2, 0.25) is 0 Å². The van der Waals surface area contributed by atoms with E-state index in [9.17, 15) is 22.8 Å². The minimum atomic E-state index is -4.61. The smallest absolute Gasteiger partial charge is 0.327 e. The molecule has 0 bridgehead atoms. The van der Waals surface area contributed by atoms with Crippen molar-refractivity contribution < 1.29 is 32.5 Å². The number of hydrogen-bond donors (Lipinski definition) is 3. The SMILES string of the molecule is CCCCC(C(=O)NC(CS(=O)(=O)O)C(=O)O)C(=O)c1ccccc1. The molecule has 0 saturated carbocycles. The van der Waals surface area contributed by atoms with Gasteiger partial charge >= 0.3 is 5.97 Å². The summed E-state index contributed by atoms with van der Waals surface area (Å²) in [4.78, 5) is 36.1. The van der Waals surface area contributed by atoms with E-state index in [0.717, 1.165) is 6.42 Å². The van der Waals surface area contributed by atoms with E-state index in [2.05, 4.69) is 0 Å². The third kappa shape index (κ3) is 7.02. The number of carboxylic acids is 1. The van der Waals surface area contributed by atoms with Gasteiger partial charge in [-0.3, -0.25) is 14.1 Å². The van der Waals surface area contributed by atoms with E-state index in [-0.39, 0.29) is 6.42 Å². The summed E-state index contributed by atoms with van der Waals surface area (Å²) in [7, 11) is -4.61. The van der Waals surface area contributed by atoms with E-state index < -0.39 is 45.5 Å². The predicted octanol–water partition coefficient (Wildman–Crippen LogP) is 1.13. The molecule has 9 heteroatoms. The molecular weight excluding hydrogens is 350 g/mol. The molecule has 1 aromatic rings. The molecule has 8 nitrogen and oxygen atoms in total. The third-order valence-corrected chi connectivity index (χ3v) is 4.28. The number of carbonyl (C=O) groups is 3. The van der Waals surface area contributed by atoms with Gasteiger partial charge in [0.25, 0.3) is 10.1 Å². The molecule has 0 aliphatic carbocycles. The zero-order valence-electron chi connectivity index (χ0n) is 13.7. The van der Waals surface area contributed by atoms with E-state index in [1.807, 2.05) is 12.2 Å². The van der Waals surface area contributed by atoms with Gasteiger partial charge in [0.05, 0.1) is 0 Å². The van der Waals surface area contributed by atoms with Gasteiger partial charge in [-0.05, 0) is 6.42 Å². The molecule has 0 aromatic heterocycles. The Morgan fingerprint density at radius 1 is 1.16 bits per heavy atom. The highest BCUT2D eigenvalue weighted by Gasteiger charge is 2.32. The molecule has 0 spiro atoms. The molecule has 0 aliphatic heterocycles. The van der Waals surface area contributed by atoms with Crippen molar-refractivity contribution in [3.8, 4) is 0 Å². The minimum absolute atomic E-state index is 0.203. The summed E-state index contributed by atoms with van der Waals surface area (Å²) in [6, 6.07) is 6.24. The fourth-order valence-electron chi connectivity index (χ4n) is 2.25. The Labute approximate surface area is 146 Å². The Bertz CT molecular complexity index is 715. The zero-order chi connectivity index (χ0) is 19.0. The van der Waals surface area contributed by atoms with Crippen LogP contribution in [0.3, 0.4) is 0 Å². The van der Waals surface area contributed by atoms with E-state index >= 15 is 0 Å². The molecule has 1 aromatic carbocycles. The maximum absolute atomic E-state index is 12.6. The number of unbranched alkanes of at least 4 members (excludes halogenated alkanes) is 1. The highest BCUT2D eigenvalue weighted by molar-refractivity contribution is 7.85. The van der Waals surface area contributed by atoms with Crippen LogP contribution in [0.25, 0.3) is 0 Å². The van der Waals surface area contributed by atoms with E-state index in [4.69, 9.17) is 9.66 Å². The van der Waals surface area contributed by atoms with Crippen LogP contribution < -0.4 is 5.32 Å². The van der Waals surface area contributed by atoms with Crippen LogP contribution in [0.15, 0.2) is 30.3 Å². The lowest BCUT2D eigenvalue weighted by Crippen LogP contribution is -2.48.